The van der Waals surface area contributed by atoms with Gasteiger partial charge < -0.3 is 135 Å². The molecule has 0 aromatic carbocycles. The molecule has 6 saturated heterocycles. The summed E-state index contributed by atoms with van der Waals surface area (Å²) >= 11 is 33.3. The first-order chi connectivity index (χ1) is 59.5. The third-order valence-corrected chi connectivity index (χ3v) is 30.5. The van der Waals surface area contributed by atoms with E-state index in [9.17, 15) is 58.1 Å². The minimum absolute atomic E-state index is 0.0239. The number of nitrogen functional groups attached to an aromatic ring is 4. The molecule has 0 spiro atoms. The normalized spacial score (nSPS) is 29.4. The molecule has 6 fully saturated rings. The van der Waals surface area contributed by atoms with Crippen LogP contribution in [0, 0.1) is 20.8 Å². The standard InChI is InChI=1S/C62H82N22O30P6S6/c1-6-29-30(7-44(103-29)82-23-71-47-51(64)67-21-69-53(47)82)110-116(92,122)98-17-38-33(9-42(105-38)80-14-27(3)56(85)77-61(80)89)112-118(94,124)101-19-39-34(10-43(106-39)81-15-28(4)57(86)78-62(81)90)113-117(93,123)100-18-37-32(8-41(104-37)79-13-26(2)50(63)74-60(79)88)111-119(95,125)102-20-40-35(12-45(107-40)83-24-72-48-52(65)68-22-70-54(48)83)114-120(96,126)99-16-36-31(109-115(91,121)97-5)11-46(108-36)84-25-73-49-55(84)75-59(66)76-58(49)87/h13-15,21-25,29-46H,6-12,16-20H2,1-5H3,(H,91,121)(H,92,122)(H,93,123)(H,94,124)(H,95,125)(H,96,126)(H2,63,74,88)(H2,64,67,69)(H2,65,68,70)(H,77,85,89)(H,78,86,90)(H3,66,75,76,87)/t29-,30-,31-,32-,33-,34-,35-,36-,37-,38-,39-,40-,41-,42-,43-,44-,45-,46-,115?,116?,117?,118?,119?,120?/m1/s1. The molecule has 6 unspecified atom stereocenters. The topological polar surface area (TPSA) is 687 Å². The quantitative estimate of drug-likeness (QED) is 0.0245. The Kier molecular flexibility index (Phi) is 28.4. The van der Waals surface area contributed by atoms with Crippen LogP contribution in [0.4, 0.5) is 23.4 Å². The van der Waals surface area contributed by atoms with Gasteiger partial charge in [-0.1, -0.05) is 6.92 Å². The van der Waals surface area contributed by atoms with Gasteiger partial charge in [0.1, 0.15) is 97.4 Å². The van der Waals surface area contributed by atoms with E-state index in [2.05, 4.69) is 59.8 Å². The predicted octanol–water partition coefficient (Wildman–Crippen LogP) is 0.887. The number of aryl methyl sites for hydroxylation is 3. The van der Waals surface area contributed by atoms with Crippen molar-refractivity contribution in [1.29, 1.82) is 0 Å². The van der Waals surface area contributed by atoms with Crippen molar-refractivity contribution >= 4 is 168 Å². The van der Waals surface area contributed by atoms with Crippen LogP contribution in [0.1, 0.15) is 106 Å². The Morgan fingerprint density at radius 2 is 0.698 bits per heavy atom. The highest BCUT2D eigenvalue weighted by Crippen LogP contribution is 2.58. The van der Waals surface area contributed by atoms with Crippen LogP contribution >= 0.6 is 40.3 Å². The van der Waals surface area contributed by atoms with Crippen molar-refractivity contribution in [2.24, 2.45) is 0 Å². The number of fused-ring (bicyclic) bond motifs is 3. The number of anilines is 4. The van der Waals surface area contributed by atoms with Crippen LogP contribution in [0.2, 0.25) is 0 Å². The highest BCUT2D eigenvalue weighted by atomic mass is 32.5. The van der Waals surface area contributed by atoms with Crippen molar-refractivity contribution in [3.63, 3.8) is 0 Å². The number of aromatic amines is 3. The summed E-state index contributed by atoms with van der Waals surface area (Å²) in [4.78, 5) is 194. The summed E-state index contributed by atoms with van der Waals surface area (Å²) in [7, 11) is 1.13. The van der Waals surface area contributed by atoms with Crippen molar-refractivity contribution < 1.29 is 112 Å². The lowest BCUT2D eigenvalue weighted by atomic mass is 10.1. The van der Waals surface area contributed by atoms with Crippen molar-refractivity contribution in [2.75, 3.05) is 63.1 Å². The van der Waals surface area contributed by atoms with Gasteiger partial charge in [0, 0.05) is 80.9 Å². The number of hydrogen-bond donors (Lipinski definition) is 13. The molecule has 0 bridgehead atoms. The fraction of sp³-hybridized carbons (Fsp3) is 0.565. The van der Waals surface area contributed by atoms with E-state index in [1.807, 2.05) is 6.92 Å². The largest absolute Gasteiger partial charge is 0.383 e. The molecule has 0 aliphatic carbocycles. The second kappa shape index (κ2) is 37.8. The van der Waals surface area contributed by atoms with Gasteiger partial charge >= 0.3 is 57.4 Å². The van der Waals surface area contributed by atoms with Crippen molar-refractivity contribution in [3.05, 3.63) is 129 Å². The van der Waals surface area contributed by atoms with Gasteiger partial charge in [0.25, 0.3) is 16.7 Å². The number of aromatic nitrogens is 18. The molecule has 0 amide bonds. The Bertz CT molecular complexity index is 6330. The zero-order valence-corrected chi connectivity index (χ0v) is 76.4. The van der Waals surface area contributed by atoms with Gasteiger partial charge in [0.15, 0.2) is 34.1 Å². The molecule has 15 rings (SSSR count). The second-order valence-corrected chi connectivity index (χ2v) is 46.2. The molecule has 52 nitrogen and oxygen atoms in total. The Morgan fingerprint density at radius 3 is 1.06 bits per heavy atom. The maximum Gasteiger partial charge on any atom is 0.351 e. The first kappa shape index (κ1) is 94.5. The molecule has 686 valence electrons. The van der Waals surface area contributed by atoms with Crippen LogP contribution in [0.15, 0.2) is 79.0 Å². The van der Waals surface area contributed by atoms with Crippen LogP contribution in [-0.4, -0.2) is 230 Å². The lowest BCUT2D eigenvalue weighted by molar-refractivity contribution is -0.0572. The maximum atomic E-state index is 13.6. The summed E-state index contributed by atoms with van der Waals surface area (Å²) in [5.41, 5.74) is 20.9. The van der Waals surface area contributed by atoms with E-state index in [-0.39, 0.29) is 95.4 Å². The molecule has 9 aromatic rings. The first-order valence-electron chi connectivity index (χ1n) is 37.8. The summed E-state index contributed by atoms with van der Waals surface area (Å²) in [6, 6.07) is 0. The average molecular weight is 1990 g/mol. The molecular formula is C62H82N22O30P6S6. The lowest BCUT2D eigenvalue weighted by Crippen LogP contribution is -2.33. The Hall–Kier alpha value is -6.17. The van der Waals surface area contributed by atoms with Crippen LogP contribution in [-0.2, 0) is 154 Å². The first-order valence-corrected chi connectivity index (χ1v) is 53.4. The number of H-pyrrole nitrogens is 3. The van der Waals surface area contributed by atoms with Crippen LogP contribution in [0.5, 0.6) is 0 Å². The molecule has 24 atom stereocenters. The predicted molar refractivity (Wildman–Crippen MR) is 458 cm³/mol. The summed E-state index contributed by atoms with van der Waals surface area (Å²) < 4.78 is 117. The molecule has 15 heterocycles. The Morgan fingerprint density at radius 1 is 0.389 bits per heavy atom. The van der Waals surface area contributed by atoms with Crippen molar-refractivity contribution in [2.45, 2.75) is 183 Å². The maximum absolute atomic E-state index is 13.6. The van der Waals surface area contributed by atoms with Crippen LogP contribution in [0.3, 0.4) is 0 Å². The third-order valence-electron chi connectivity index (χ3n) is 20.9. The molecule has 6 aliphatic rings. The lowest BCUT2D eigenvalue weighted by Gasteiger charge is -2.28. The summed E-state index contributed by atoms with van der Waals surface area (Å²) in [6.07, 6.45) is -12.0. The van der Waals surface area contributed by atoms with Gasteiger partial charge in [-0.25, -0.2) is 49.3 Å². The van der Waals surface area contributed by atoms with E-state index in [4.69, 9.17) is 176 Å². The van der Waals surface area contributed by atoms with Gasteiger partial charge in [0.2, 0.25) is 5.95 Å². The number of ether oxygens (including phenoxy) is 6. The molecule has 17 N–H and O–H groups in total. The molecule has 0 saturated carbocycles. The second-order valence-electron chi connectivity index (χ2n) is 29.3. The number of hydrogen-bond acceptors (Lipinski definition) is 43. The molecule has 0 radical (unpaired) electrons. The molecule has 6 aliphatic heterocycles. The van der Waals surface area contributed by atoms with Gasteiger partial charge in [-0.05, 0) is 98.0 Å². The SMILES string of the molecule is CC[C@H]1O[C@@H](n2cnc3c(N)ncnc32)C[C@H]1OP(O)(=S)OC[C@H]1O[C@@H](n2cc(C)c(=O)[nH]c2=O)C[C@H]1OP(O)(=S)OC[C@H]1O[C@@H](n2cc(C)c(=O)[nH]c2=O)C[C@H]1OP(O)(=S)OC[C@H]1O[C@@H](n2cc(C)c(N)nc2=O)C[C@H]1OP(O)(=S)OC[C@H]1O[C@@H](n2cnc3c(N)ncnc32)C[C@H]1OP(O)(=S)OC[C@H]1O[C@@H](n2cnc3c(=O)[nH]c(N)nc32)C[C@H]1OP(O)(=S)OC. The van der Waals surface area contributed by atoms with Crippen molar-refractivity contribution in [3.8, 4) is 0 Å². The van der Waals surface area contributed by atoms with Gasteiger partial charge in [-0.15, -0.1) is 0 Å². The minimum Gasteiger partial charge on any atom is -0.383 e. The third kappa shape index (κ3) is 21.4. The Labute approximate surface area is 738 Å². The number of nitrogens with zero attached hydrogens (tertiary/aromatic N) is 15. The smallest absolute Gasteiger partial charge is 0.351 e. The molecule has 9 aromatic heterocycles. The monoisotopic (exact) mass is 1990 g/mol. The molecule has 126 heavy (non-hydrogen) atoms. The highest BCUT2D eigenvalue weighted by Gasteiger charge is 2.50. The van der Waals surface area contributed by atoms with Crippen LogP contribution < -0.4 is 56.7 Å². The van der Waals surface area contributed by atoms with E-state index >= 15 is 0 Å². The number of nitrogens with two attached hydrogens (primary N) is 4. The fourth-order valence-corrected chi connectivity index (χ4v) is 23.1. The van der Waals surface area contributed by atoms with E-state index < -0.39 is 218 Å². The highest BCUT2D eigenvalue weighted by molar-refractivity contribution is 8.08. The summed E-state index contributed by atoms with van der Waals surface area (Å²) in [5.74, 6) is -0.160. The van der Waals surface area contributed by atoms with E-state index in [0.29, 0.717) is 23.1 Å². The van der Waals surface area contributed by atoms with E-state index in [1.54, 1.807) is 11.5 Å². The van der Waals surface area contributed by atoms with Gasteiger partial charge in [-0.2, -0.15) is 9.97 Å². The summed E-state index contributed by atoms with van der Waals surface area (Å²) in [5, 5.41) is 0. The van der Waals surface area contributed by atoms with E-state index in [0.717, 1.165) is 20.8 Å². The Balaban J connectivity index is 0.634. The molecule has 64 heteroatoms. The summed E-state index contributed by atoms with van der Waals surface area (Å²) in [6.45, 7) is -23.9. The van der Waals surface area contributed by atoms with Gasteiger partial charge in [-0.3, -0.25) is 56.7 Å². The average Bonchev–Trinajstić information content (AvgIpc) is 1.61. The minimum atomic E-state index is -4.70. The van der Waals surface area contributed by atoms with Crippen molar-refractivity contribution in [1.82, 2.24) is 87.2 Å². The number of nitrogens with one attached hydrogen (secondary N) is 3. The number of imidazole rings is 3. The fourth-order valence-electron chi connectivity index (χ4n) is 14.8. The molecular weight excluding hydrogens is 1910 g/mol. The zero-order valence-electron chi connectivity index (χ0n) is 66.1. The van der Waals surface area contributed by atoms with E-state index in [1.165, 1.54) is 73.2 Å². The zero-order chi connectivity index (χ0) is 90.2. The van der Waals surface area contributed by atoms with Gasteiger partial charge in [0.05, 0.1) is 94.7 Å². The number of rotatable bonds is 35. The van der Waals surface area contributed by atoms with Crippen LogP contribution in [0.25, 0.3) is 33.5 Å².